The molecule has 0 spiro atoms. The van der Waals surface area contributed by atoms with Crippen LogP contribution in [0.5, 0.6) is 0 Å². The molecule has 1 amide bonds. The van der Waals surface area contributed by atoms with E-state index in [1.54, 1.807) is 4.90 Å². The van der Waals surface area contributed by atoms with Gasteiger partial charge >= 0.3 is 6.09 Å². The monoisotopic (exact) mass is 315 g/mol. The van der Waals surface area contributed by atoms with Crippen LogP contribution in [0.3, 0.4) is 0 Å². The summed E-state index contributed by atoms with van der Waals surface area (Å²) in [6.07, 6.45) is 5.57. The van der Waals surface area contributed by atoms with Gasteiger partial charge in [-0.2, -0.15) is 0 Å². The molecule has 1 rings (SSSR count). The Balaban J connectivity index is 2.22. The van der Waals surface area contributed by atoms with Crippen molar-refractivity contribution in [1.29, 1.82) is 0 Å². The molecule has 0 aliphatic carbocycles. The zero-order chi connectivity index (χ0) is 13.6. The number of carbonyl (C=O) groups is 1. The Labute approximate surface area is 124 Å². The molecule has 0 aromatic heterocycles. The number of carbonyl (C=O) groups excluding carboxylic acids is 1. The molecule has 0 saturated carbocycles. The zero-order valence-corrected chi connectivity index (χ0v) is 12.9. The van der Waals surface area contributed by atoms with E-state index in [1.165, 1.54) is 25.7 Å². The summed E-state index contributed by atoms with van der Waals surface area (Å²) in [5, 5.41) is 0. The molecule has 1 saturated heterocycles. The predicted octanol–water partition coefficient (Wildman–Crippen LogP) is 4.40. The van der Waals surface area contributed by atoms with Crippen LogP contribution in [-0.2, 0) is 4.74 Å². The molecule has 6 heteroatoms. The van der Waals surface area contributed by atoms with Crippen LogP contribution in [0.2, 0.25) is 0 Å². The molecule has 18 heavy (non-hydrogen) atoms. The van der Waals surface area contributed by atoms with E-state index in [9.17, 15) is 4.79 Å². The first kappa shape index (κ1) is 16.2. The fourth-order valence-corrected chi connectivity index (χ4v) is 2.32. The quantitative estimate of drug-likeness (QED) is 0.556. The van der Waals surface area contributed by atoms with Crippen LogP contribution in [0.4, 0.5) is 4.79 Å². The van der Waals surface area contributed by atoms with Crippen LogP contribution in [0.1, 0.15) is 39.0 Å². The van der Waals surface area contributed by atoms with Crippen LogP contribution in [0.15, 0.2) is 0 Å². The molecule has 1 aliphatic heterocycles. The Bertz CT molecular complexity index is 269. The largest absolute Gasteiger partial charge is 0.445 e. The minimum Gasteiger partial charge on any atom is -0.445 e. The molecule has 3 nitrogen and oxygen atoms in total. The van der Waals surface area contributed by atoms with E-state index in [0.29, 0.717) is 5.92 Å². The van der Waals surface area contributed by atoms with E-state index >= 15 is 0 Å². The summed E-state index contributed by atoms with van der Waals surface area (Å²) in [7, 11) is 0. The highest BCUT2D eigenvalue weighted by atomic mass is 35.6. The third-order valence-corrected chi connectivity index (χ3v) is 3.45. The molecular formula is C12H20Cl3NO2. The Morgan fingerprint density at radius 2 is 2.11 bits per heavy atom. The molecule has 0 N–H and O–H groups in total. The molecule has 1 atom stereocenters. The van der Waals surface area contributed by atoms with E-state index in [4.69, 9.17) is 39.5 Å². The van der Waals surface area contributed by atoms with Gasteiger partial charge in [-0.05, 0) is 18.8 Å². The third kappa shape index (κ3) is 6.35. The van der Waals surface area contributed by atoms with Crippen molar-refractivity contribution in [3.05, 3.63) is 0 Å². The van der Waals surface area contributed by atoms with Gasteiger partial charge in [-0.1, -0.05) is 61.0 Å². The van der Waals surface area contributed by atoms with Gasteiger partial charge in [0.1, 0.15) is 6.61 Å². The number of alkyl halides is 3. The minimum atomic E-state index is -1.53. The second kappa shape index (κ2) is 7.66. The Morgan fingerprint density at radius 3 is 2.72 bits per heavy atom. The van der Waals surface area contributed by atoms with Gasteiger partial charge in [0.2, 0.25) is 3.79 Å². The maximum absolute atomic E-state index is 11.7. The highest BCUT2D eigenvalue weighted by molar-refractivity contribution is 6.67. The second-order valence-electron chi connectivity index (χ2n) is 4.77. The van der Waals surface area contributed by atoms with Crippen molar-refractivity contribution < 1.29 is 9.53 Å². The fraction of sp³-hybridized carbons (Fsp3) is 0.917. The van der Waals surface area contributed by atoms with Gasteiger partial charge in [0.15, 0.2) is 0 Å². The number of amides is 1. The molecule has 0 bridgehead atoms. The fourth-order valence-electron chi connectivity index (χ4n) is 2.15. The number of ether oxygens (including phenoxy) is 1. The number of unbranched alkanes of at least 4 members (excludes halogenated alkanes) is 2. The molecule has 0 unspecified atom stereocenters. The Kier molecular flexibility index (Phi) is 6.89. The predicted molar refractivity (Wildman–Crippen MR) is 75.5 cm³/mol. The SMILES string of the molecule is CCCCC[C@H]1CCN(C(=O)OCC(Cl)(Cl)Cl)C1. The molecule has 0 radical (unpaired) electrons. The van der Waals surface area contributed by atoms with Crippen molar-refractivity contribution in [3.63, 3.8) is 0 Å². The maximum Gasteiger partial charge on any atom is 0.409 e. The molecular weight excluding hydrogens is 296 g/mol. The Morgan fingerprint density at radius 1 is 1.39 bits per heavy atom. The van der Waals surface area contributed by atoms with Crippen molar-refractivity contribution in [2.75, 3.05) is 19.7 Å². The summed E-state index contributed by atoms with van der Waals surface area (Å²) in [5.41, 5.74) is 0. The van der Waals surface area contributed by atoms with Crippen LogP contribution in [0, 0.1) is 5.92 Å². The minimum absolute atomic E-state index is 0.201. The van der Waals surface area contributed by atoms with Crippen LogP contribution in [-0.4, -0.2) is 34.5 Å². The summed E-state index contributed by atoms with van der Waals surface area (Å²) in [6, 6.07) is 0. The molecule has 1 heterocycles. The summed E-state index contributed by atoms with van der Waals surface area (Å²) in [5.74, 6) is 0.594. The normalized spacial score (nSPS) is 20.2. The van der Waals surface area contributed by atoms with Crippen LogP contribution < -0.4 is 0 Å². The van der Waals surface area contributed by atoms with Crippen molar-refractivity contribution in [2.45, 2.75) is 42.8 Å². The summed E-state index contributed by atoms with van der Waals surface area (Å²) in [4.78, 5) is 13.4. The molecule has 106 valence electrons. The Hall–Kier alpha value is 0.140. The van der Waals surface area contributed by atoms with E-state index in [-0.39, 0.29) is 12.7 Å². The van der Waals surface area contributed by atoms with Crippen molar-refractivity contribution in [3.8, 4) is 0 Å². The van der Waals surface area contributed by atoms with Gasteiger partial charge in [-0.3, -0.25) is 0 Å². The van der Waals surface area contributed by atoms with Crippen LogP contribution >= 0.6 is 34.8 Å². The lowest BCUT2D eigenvalue weighted by Crippen LogP contribution is -2.31. The summed E-state index contributed by atoms with van der Waals surface area (Å²) < 4.78 is 3.42. The first-order valence-corrected chi connectivity index (χ1v) is 7.54. The van der Waals surface area contributed by atoms with Gasteiger partial charge in [0, 0.05) is 13.1 Å². The lowest BCUT2D eigenvalue weighted by Gasteiger charge is -2.18. The van der Waals surface area contributed by atoms with Gasteiger partial charge in [0.25, 0.3) is 0 Å². The standard InChI is InChI=1S/C12H20Cl3NO2/c1-2-3-4-5-10-6-7-16(8-10)11(17)18-9-12(13,14)15/h10H,2-9H2,1H3/t10-/m0/s1. The first-order valence-electron chi connectivity index (χ1n) is 6.41. The highest BCUT2D eigenvalue weighted by Gasteiger charge is 2.29. The highest BCUT2D eigenvalue weighted by Crippen LogP contribution is 2.27. The van der Waals surface area contributed by atoms with Crippen molar-refractivity contribution in [2.24, 2.45) is 5.92 Å². The molecule has 1 aliphatic rings. The number of rotatable bonds is 5. The summed E-state index contributed by atoms with van der Waals surface area (Å²) >= 11 is 16.6. The maximum atomic E-state index is 11.7. The van der Waals surface area contributed by atoms with Gasteiger partial charge in [0.05, 0.1) is 0 Å². The molecule has 0 aromatic rings. The first-order chi connectivity index (χ1) is 8.42. The van der Waals surface area contributed by atoms with Crippen molar-refractivity contribution >= 4 is 40.9 Å². The van der Waals surface area contributed by atoms with Gasteiger partial charge in [-0.25, -0.2) is 4.79 Å². The average Bonchev–Trinajstić information content (AvgIpc) is 2.74. The molecule has 0 aromatic carbocycles. The van der Waals surface area contributed by atoms with Crippen molar-refractivity contribution in [1.82, 2.24) is 4.90 Å². The number of halogens is 3. The van der Waals surface area contributed by atoms with E-state index in [0.717, 1.165) is 19.5 Å². The smallest absolute Gasteiger partial charge is 0.409 e. The lowest BCUT2D eigenvalue weighted by atomic mass is 10.0. The topological polar surface area (TPSA) is 29.5 Å². The number of likely N-dealkylation sites (tertiary alicyclic amines) is 1. The lowest BCUT2D eigenvalue weighted by molar-refractivity contribution is 0.111. The van der Waals surface area contributed by atoms with E-state index in [2.05, 4.69) is 6.92 Å². The average molecular weight is 317 g/mol. The third-order valence-electron chi connectivity index (χ3n) is 3.12. The molecule has 1 fully saturated rings. The van der Waals surface area contributed by atoms with Gasteiger partial charge < -0.3 is 9.64 Å². The van der Waals surface area contributed by atoms with E-state index in [1.807, 2.05) is 0 Å². The number of hydrogen-bond acceptors (Lipinski definition) is 2. The van der Waals surface area contributed by atoms with Gasteiger partial charge in [-0.15, -0.1) is 0 Å². The zero-order valence-electron chi connectivity index (χ0n) is 10.6. The van der Waals surface area contributed by atoms with E-state index < -0.39 is 3.79 Å². The second-order valence-corrected chi connectivity index (χ2v) is 7.28. The number of nitrogens with zero attached hydrogens (tertiary/aromatic N) is 1. The number of hydrogen-bond donors (Lipinski definition) is 0. The van der Waals surface area contributed by atoms with Crippen LogP contribution in [0.25, 0.3) is 0 Å². The summed E-state index contributed by atoms with van der Waals surface area (Å²) in [6.45, 7) is 3.50.